The van der Waals surface area contributed by atoms with Gasteiger partial charge < -0.3 is 20.7 Å². The van der Waals surface area contributed by atoms with Crippen molar-refractivity contribution in [1.82, 2.24) is 4.98 Å². The smallest absolute Gasteiger partial charge is 0.337 e. The lowest BCUT2D eigenvalue weighted by atomic mass is 9.84. The first-order chi connectivity index (χ1) is 12.2. The SMILES string of the molecule is CC(C)C[C@H](N)[C@](O)(Cc1cc(O[C@H]2CC[C@H](C)CC2)ccn1)C(=O)O.Cl.Cl. The molecule has 1 aromatic heterocycles. The van der Waals surface area contributed by atoms with E-state index in [4.69, 9.17) is 10.5 Å². The van der Waals surface area contributed by atoms with Crippen molar-refractivity contribution in [3.8, 4) is 5.75 Å². The van der Waals surface area contributed by atoms with Gasteiger partial charge in [-0.1, -0.05) is 20.8 Å². The molecule has 28 heavy (non-hydrogen) atoms. The lowest BCUT2D eigenvalue weighted by Gasteiger charge is -2.31. The number of aliphatic hydroxyl groups is 1. The number of rotatable bonds is 8. The van der Waals surface area contributed by atoms with Gasteiger partial charge in [-0.3, -0.25) is 4.98 Å². The Bertz CT molecular complexity index is 610. The van der Waals surface area contributed by atoms with E-state index >= 15 is 0 Å². The van der Waals surface area contributed by atoms with Crippen molar-refractivity contribution in [3.63, 3.8) is 0 Å². The van der Waals surface area contributed by atoms with Crippen LogP contribution in [-0.4, -0.2) is 38.9 Å². The van der Waals surface area contributed by atoms with Crippen LogP contribution in [0.25, 0.3) is 0 Å². The van der Waals surface area contributed by atoms with Crippen LogP contribution in [0.3, 0.4) is 0 Å². The van der Waals surface area contributed by atoms with E-state index < -0.39 is 17.6 Å². The minimum atomic E-state index is -2.05. The first-order valence-electron chi connectivity index (χ1n) is 9.53. The number of pyridine rings is 1. The maximum atomic E-state index is 11.7. The molecule has 1 aliphatic carbocycles. The fraction of sp³-hybridized carbons (Fsp3) is 0.700. The van der Waals surface area contributed by atoms with Crippen LogP contribution in [-0.2, 0) is 11.2 Å². The van der Waals surface area contributed by atoms with Crippen molar-refractivity contribution >= 4 is 30.8 Å². The monoisotopic (exact) mass is 436 g/mol. The number of nitrogens with zero attached hydrogens (tertiary/aromatic N) is 1. The number of halogens is 2. The minimum Gasteiger partial charge on any atom is -0.490 e. The van der Waals surface area contributed by atoms with Crippen molar-refractivity contribution in [2.75, 3.05) is 0 Å². The first kappa shape index (κ1) is 26.9. The van der Waals surface area contributed by atoms with Crippen LogP contribution in [0.1, 0.15) is 58.6 Å². The summed E-state index contributed by atoms with van der Waals surface area (Å²) in [5, 5.41) is 20.2. The lowest BCUT2D eigenvalue weighted by molar-refractivity contribution is -0.161. The van der Waals surface area contributed by atoms with Gasteiger partial charge >= 0.3 is 5.97 Å². The number of nitrogens with two attached hydrogens (primary N) is 1. The number of aliphatic carboxylic acids is 1. The molecule has 0 aliphatic heterocycles. The minimum absolute atomic E-state index is 0. The van der Waals surface area contributed by atoms with E-state index in [1.165, 1.54) is 0 Å². The van der Waals surface area contributed by atoms with Gasteiger partial charge in [0, 0.05) is 30.4 Å². The van der Waals surface area contributed by atoms with Crippen LogP contribution >= 0.6 is 24.8 Å². The average Bonchev–Trinajstić information content (AvgIpc) is 2.56. The Labute approximate surface area is 180 Å². The van der Waals surface area contributed by atoms with Gasteiger partial charge in [0.1, 0.15) is 5.75 Å². The van der Waals surface area contributed by atoms with Gasteiger partial charge in [-0.2, -0.15) is 0 Å². The predicted octanol–water partition coefficient (Wildman–Crippen LogP) is 3.61. The van der Waals surface area contributed by atoms with Crippen LogP contribution in [0, 0.1) is 11.8 Å². The molecule has 0 amide bonds. The molecule has 0 spiro atoms. The number of ether oxygens (including phenoxy) is 1. The van der Waals surface area contributed by atoms with E-state index in [0.717, 1.165) is 31.6 Å². The van der Waals surface area contributed by atoms with Crippen LogP contribution in [0.4, 0.5) is 0 Å². The fourth-order valence-corrected chi connectivity index (χ4v) is 3.51. The molecule has 0 bridgehead atoms. The summed E-state index contributed by atoms with van der Waals surface area (Å²) in [5.41, 5.74) is 4.44. The summed E-state index contributed by atoms with van der Waals surface area (Å²) in [5.74, 6) is 0.280. The lowest BCUT2D eigenvalue weighted by Crippen LogP contribution is -2.56. The van der Waals surface area contributed by atoms with E-state index in [0.29, 0.717) is 17.9 Å². The van der Waals surface area contributed by atoms with Crippen molar-refractivity contribution < 1.29 is 19.7 Å². The number of carboxylic acid groups (broad SMARTS) is 1. The Kier molecular flexibility index (Phi) is 11.4. The zero-order chi connectivity index (χ0) is 19.3. The molecule has 1 aromatic rings. The summed E-state index contributed by atoms with van der Waals surface area (Å²) in [6.45, 7) is 6.15. The molecule has 6 nitrogen and oxygen atoms in total. The third-order valence-corrected chi connectivity index (χ3v) is 5.21. The molecular formula is C20H34Cl2N2O4. The van der Waals surface area contributed by atoms with Gasteiger partial charge in [0.05, 0.1) is 6.10 Å². The Balaban J connectivity index is 0.00000364. The molecule has 8 heteroatoms. The number of hydrogen-bond acceptors (Lipinski definition) is 5. The Morgan fingerprint density at radius 3 is 2.46 bits per heavy atom. The van der Waals surface area contributed by atoms with Crippen molar-refractivity contribution in [2.45, 2.75) is 77.0 Å². The molecule has 1 aliphatic rings. The highest BCUT2D eigenvalue weighted by Gasteiger charge is 2.43. The average molecular weight is 437 g/mol. The van der Waals surface area contributed by atoms with Gasteiger partial charge in [0.2, 0.25) is 0 Å². The van der Waals surface area contributed by atoms with Crippen molar-refractivity contribution in [3.05, 3.63) is 24.0 Å². The van der Waals surface area contributed by atoms with E-state index in [1.807, 2.05) is 13.8 Å². The van der Waals surface area contributed by atoms with E-state index in [2.05, 4.69) is 11.9 Å². The van der Waals surface area contributed by atoms with Crippen molar-refractivity contribution in [2.24, 2.45) is 17.6 Å². The molecule has 1 saturated carbocycles. The highest BCUT2D eigenvalue weighted by Crippen LogP contribution is 2.28. The largest absolute Gasteiger partial charge is 0.490 e. The van der Waals surface area contributed by atoms with Crippen molar-refractivity contribution in [1.29, 1.82) is 0 Å². The summed E-state index contributed by atoms with van der Waals surface area (Å²) in [4.78, 5) is 15.9. The zero-order valence-corrected chi connectivity index (χ0v) is 18.5. The molecular weight excluding hydrogens is 403 g/mol. The molecule has 2 rings (SSSR count). The van der Waals surface area contributed by atoms with E-state index in [-0.39, 0.29) is 43.3 Å². The third-order valence-electron chi connectivity index (χ3n) is 5.21. The third kappa shape index (κ3) is 7.39. The molecule has 1 fully saturated rings. The fourth-order valence-electron chi connectivity index (χ4n) is 3.51. The molecule has 2 atom stereocenters. The van der Waals surface area contributed by atoms with E-state index in [9.17, 15) is 15.0 Å². The highest BCUT2D eigenvalue weighted by molar-refractivity contribution is 5.85. The molecule has 162 valence electrons. The van der Waals surface area contributed by atoms with Gasteiger partial charge in [0.25, 0.3) is 0 Å². The topological polar surface area (TPSA) is 106 Å². The van der Waals surface area contributed by atoms with Crippen LogP contribution in [0.2, 0.25) is 0 Å². The Morgan fingerprint density at radius 2 is 1.93 bits per heavy atom. The van der Waals surface area contributed by atoms with Crippen LogP contribution in [0.15, 0.2) is 18.3 Å². The zero-order valence-electron chi connectivity index (χ0n) is 16.8. The molecule has 0 saturated heterocycles. The van der Waals surface area contributed by atoms with Gasteiger partial charge in [-0.25, -0.2) is 4.79 Å². The molecule has 4 N–H and O–H groups in total. The number of carboxylic acids is 1. The summed E-state index contributed by atoms with van der Waals surface area (Å²) in [6, 6.07) is 2.62. The summed E-state index contributed by atoms with van der Waals surface area (Å²) in [7, 11) is 0. The summed E-state index contributed by atoms with van der Waals surface area (Å²) in [6.07, 6.45) is 6.41. The standard InChI is InChI=1S/C20H32N2O4.2ClH/c1-13(2)10-18(21)20(25,19(23)24)12-15-11-17(8-9-22-15)26-16-6-4-14(3)5-7-16;;/h8-9,11,13-14,16,18,25H,4-7,10,12,21H2,1-3H3,(H,23,24);2*1H/t14-,16-,18-,20+;;/m0../s1. The molecule has 1 heterocycles. The maximum absolute atomic E-state index is 11.7. The normalized spacial score (nSPS) is 22.4. The van der Waals surface area contributed by atoms with E-state index in [1.54, 1.807) is 18.3 Å². The second kappa shape index (κ2) is 11.8. The molecule has 0 radical (unpaired) electrons. The van der Waals surface area contributed by atoms with Gasteiger partial charge in [-0.05, 0) is 50.0 Å². The quantitative estimate of drug-likeness (QED) is 0.574. The van der Waals surface area contributed by atoms with Gasteiger partial charge in [0.15, 0.2) is 5.60 Å². The Hall–Kier alpha value is -1.08. The first-order valence-corrected chi connectivity index (χ1v) is 9.53. The highest BCUT2D eigenvalue weighted by atomic mass is 35.5. The predicted molar refractivity (Wildman–Crippen MR) is 115 cm³/mol. The molecule has 0 aromatic carbocycles. The number of aromatic nitrogens is 1. The summed E-state index contributed by atoms with van der Waals surface area (Å²) >= 11 is 0. The molecule has 0 unspecified atom stereocenters. The second-order valence-electron chi connectivity index (χ2n) is 8.12. The second-order valence-corrected chi connectivity index (χ2v) is 8.12. The Morgan fingerprint density at radius 1 is 1.32 bits per heavy atom. The van der Waals surface area contributed by atoms with Gasteiger partial charge in [-0.15, -0.1) is 24.8 Å². The summed E-state index contributed by atoms with van der Waals surface area (Å²) < 4.78 is 6.04. The van der Waals surface area contributed by atoms with Crippen LogP contribution in [0.5, 0.6) is 5.75 Å². The maximum Gasteiger partial charge on any atom is 0.337 e. The number of hydrogen-bond donors (Lipinski definition) is 3. The van der Waals surface area contributed by atoms with Crippen LogP contribution < -0.4 is 10.5 Å². The number of carbonyl (C=O) groups is 1.